The molecule has 3 aromatic rings. The Morgan fingerprint density at radius 1 is 1.16 bits per heavy atom. The van der Waals surface area contributed by atoms with E-state index in [0.717, 1.165) is 34.3 Å². The molecule has 5 heteroatoms. The Morgan fingerprint density at radius 3 is 2.80 bits per heavy atom. The number of fused-ring (bicyclic) bond motifs is 1. The second-order valence-electron chi connectivity index (χ2n) is 6.18. The zero-order valence-corrected chi connectivity index (χ0v) is 15.1. The summed E-state index contributed by atoms with van der Waals surface area (Å²) < 4.78 is 0. The van der Waals surface area contributed by atoms with Gasteiger partial charge in [0.25, 0.3) is 0 Å². The van der Waals surface area contributed by atoms with Crippen LogP contribution in [0.5, 0.6) is 5.75 Å². The molecule has 1 atom stereocenters. The van der Waals surface area contributed by atoms with Crippen LogP contribution in [0.2, 0.25) is 5.02 Å². The SMILES string of the molecule is CCC(C)NCc1cc(Nc2ccnc3cc(Cl)ccc23)ccc1O. The molecule has 0 saturated carbocycles. The van der Waals surface area contributed by atoms with Crippen LogP contribution in [0.3, 0.4) is 0 Å². The maximum Gasteiger partial charge on any atom is 0.120 e. The van der Waals surface area contributed by atoms with Crippen molar-refractivity contribution in [2.45, 2.75) is 32.9 Å². The van der Waals surface area contributed by atoms with Gasteiger partial charge in [-0.1, -0.05) is 18.5 Å². The van der Waals surface area contributed by atoms with Crippen LogP contribution in [0, 0.1) is 0 Å². The number of anilines is 2. The number of benzene rings is 2. The highest BCUT2D eigenvalue weighted by molar-refractivity contribution is 6.31. The van der Waals surface area contributed by atoms with Gasteiger partial charge in [0, 0.05) is 46.1 Å². The highest BCUT2D eigenvalue weighted by Gasteiger charge is 2.07. The molecule has 0 bridgehead atoms. The van der Waals surface area contributed by atoms with Gasteiger partial charge >= 0.3 is 0 Å². The molecule has 0 aliphatic carbocycles. The Hall–Kier alpha value is -2.30. The molecular weight excluding hydrogens is 334 g/mol. The number of aromatic hydroxyl groups is 1. The number of phenols is 1. The van der Waals surface area contributed by atoms with E-state index in [2.05, 4.69) is 29.5 Å². The smallest absolute Gasteiger partial charge is 0.120 e. The van der Waals surface area contributed by atoms with E-state index in [-0.39, 0.29) is 0 Å². The number of nitrogens with one attached hydrogen (secondary N) is 2. The first-order valence-electron chi connectivity index (χ1n) is 8.43. The van der Waals surface area contributed by atoms with Crippen molar-refractivity contribution >= 4 is 33.9 Å². The van der Waals surface area contributed by atoms with Crippen LogP contribution in [0.25, 0.3) is 10.9 Å². The number of hydrogen-bond donors (Lipinski definition) is 3. The van der Waals surface area contributed by atoms with Crippen LogP contribution in [-0.2, 0) is 6.54 Å². The first kappa shape index (κ1) is 17.5. The Morgan fingerprint density at radius 2 is 2.00 bits per heavy atom. The second-order valence-corrected chi connectivity index (χ2v) is 6.62. The van der Waals surface area contributed by atoms with Gasteiger partial charge in [-0.25, -0.2) is 0 Å². The number of hydrogen-bond acceptors (Lipinski definition) is 4. The van der Waals surface area contributed by atoms with E-state index < -0.39 is 0 Å². The van der Waals surface area contributed by atoms with E-state index in [1.807, 2.05) is 36.4 Å². The van der Waals surface area contributed by atoms with E-state index in [1.54, 1.807) is 12.3 Å². The number of rotatable bonds is 6. The average molecular weight is 356 g/mol. The van der Waals surface area contributed by atoms with E-state index >= 15 is 0 Å². The van der Waals surface area contributed by atoms with E-state index in [0.29, 0.717) is 23.4 Å². The minimum absolute atomic E-state index is 0.299. The summed E-state index contributed by atoms with van der Waals surface area (Å²) in [6, 6.07) is 13.5. The Balaban J connectivity index is 1.86. The molecule has 1 heterocycles. The van der Waals surface area contributed by atoms with Crippen molar-refractivity contribution in [3.63, 3.8) is 0 Å². The summed E-state index contributed by atoms with van der Waals surface area (Å²) in [7, 11) is 0. The lowest BCUT2D eigenvalue weighted by atomic mass is 10.1. The van der Waals surface area contributed by atoms with Crippen LogP contribution in [0.15, 0.2) is 48.7 Å². The van der Waals surface area contributed by atoms with Crippen molar-refractivity contribution in [2.75, 3.05) is 5.32 Å². The molecule has 0 spiro atoms. The molecule has 25 heavy (non-hydrogen) atoms. The van der Waals surface area contributed by atoms with Crippen molar-refractivity contribution in [2.24, 2.45) is 0 Å². The number of nitrogens with zero attached hydrogens (tertiary/aromatic N) is 1. The Bertz CT molecular complexity index is 882. The molecule has 0 radical (unpaired) electrons. The quantitative estimate of drug-likeness (QED) is 0.530. The highest BCUT2D eigenvalue weighted by Crippen LogP contribution is 2.29. The lowest BCUT2D eigenvalue weighted by molar-refractivity contribution is 0.457. The zero-order chi connectivity index (χ0) is 17.8. The third kappa shape index (κ3) is 4.21. The van der Waals surface area contributed by atoms with Crippen molar-refractivity contribution in [1.82, 2.24) is 10.3 Å². The fourth-order valence-corrected chi connectivity index (χ4v) is 2.79. The maximum absolute atomic E-state index is 10.1. The number of phenolic OH excluding ortho intramolecular Hbond substituents is 1. The van der Waals surface area contributed by atoms with E-state index in [9.17, 15) is 5.11 Å². The minimum Gasteiger partial charge on any atom is -0.508 e. The molecule has 2 aromatic carbocycles. The summed E-state index contributed by atoms with van der Waals surface area (Å²) in [5.74, 6) is 0.299. The molecule has 0 aliphatic rings. The largest absolute Gasteiger partial charge is 0.508 e. The van der Waals surface area contributed by atoms with Crippen molar-refractivity contribution in [3.05, 3.63) is 59.2 Å². The Labute approximate surface area is 152 Å². The van der Waals surface area contributed by atoms with Gasteiger partial charge in [0.1, 0.15) is 5.75 Å². The predicted molar refractivity (Wildman–Crippen MR) is 105 cm³/mol. The number of aromatic nitrogens is 1. The molecule has 1 aromatic heterocycles. The van der Waals surface area contributed by atoms with Crippen LogP contribution < -0.4 is 10.6 Å². The summed E-state index contributed by atoms with van der Waals surface area (Å²) >= 11 is 6.05. The summed E-state index contributed by atoms with van der Waals surface area (Å²) in [5.41, 5.74) is 3.58. The fraction of sp³-hybridized carbons (Fsp3) is 0.250. The molecule has 0 fully saturated rings. The molecule has 3 rings (SSSR count). The summed E-state index contributed by atoms with van der Waals surface area (Å²) in [6.07, 6.45) is 2.80. The highest BCUT2D eigenvalue weighted by atomic mass is 35.5. The maximum atomic E-state index is 10.1. The first-order valence-corrected chi connectivity index (χ1v) is 8.81. The Kier molecular flexibility index (Phi) is 5.41. The molecule has 0 amide bonds. The third-order valence-electron chi connectivity index (χ3n) is 4.32. The van der Waals surface area contributed by atoms with Crippen LogP contribution in [-0.4, -0.2) is 16.1 Å². The van der Waals surface area contributed by atoms with Gasteiger partial charge < -0.3 is 15.7 Å². The van der Waals surface area contributed by atoms with Crippen molar-refractivity contribution in [1.29, 1.82) is 0 Å². The van der Waals surface area contributed by atoms with Gasteiger partial charge in [-0.15, -0.1) is 0 Å². The van der Waals surface area contributed by atoms with Crippen molar-refractivity contribution in [3.8, 4) is 5.75 Å². The van der Waals surface area contributed by atoms with Gasteiger partial charge in [0.05, 0.1) is 5.52 Å². The lowest BCUT2D eigenvalue weighted by Gasteiger charge is -2.14. The van der Waals surface area contributed by atoms with Gasteiger partial charge in [-0.05, 0) is 55.8 Å². The van der Waals surface area contributed by atoms with Gasteiger partial charge in [-0.2, -0.15) is 0 Å². The topological polar surface area (TPSA) is 57.2 Å². The molecular formula is C20H22ClN3O. The third-order valence-corrected chi connectivity index (χ3v) is 4.55. The molecule has 4 nitrogen and oxygen atoms in total. The summed E-state index contributed by atoms with van der Waals surface area (Å²) in [4.78, 5) is 4.36. The standard InChI is InChI=1S/C20H22ClN3O/c1-3-13(2)23-12-14-10-16(5-7-20(14)25)24-18-8-9-22-19-11-15(21)4-6-17(18)19/h4-11,13,23,25H,3,12H2,1-2H3,(H,22,24). The normalized spacial score (nSPS) is 12.3. The summed E-state index contributed by atoms with van der Waals surface area (Å²) in [6.45, 7) is 4.90. The van der Waals surface area contributed by atoms with Crippen LogP contribution in [0.1, 0.15) is 25.8 Å². The van der Waals surface area contributed by atoms with Crippen LogP contribution in [0.4, 0.5) is 11.4 Å². The van der Waals surface area contributed by atoms with Gasteiger partial charge in [-0.3, -0.25) is 4.98 Å². The zero-order valence-electron chi connectivity index (χ0n) is 14.4. The molecule has 1 unspecified atom stereocenters. The van der Waals surface area contributed by atoms with E-state index in [1.165, 1.54) is 0 Å². The predicted octanol–water partition coefficient (Wildman–Crippen LogP) is 5.23. The lowest BCUT2D eigenvalue weighted by Crippen LogP contribution is -2.24. The van der Waals surface area contributed by atoms with Gasteiger partial charge in [0.15, 0.2) is 0 Å². The second kappa shape index (κ2) is 7.72. The molecule has 3 N–H and O–H groups in total. The number of halogens is 1. The molecule has 0 saturated heterocycles. The number of pyridine rings is 1. The summed E-state index contributed by atoms with van der Waals surface area (Å²) in [5, 5.41) is 18.6. The molecule has 0 aliphatic heterocycles. The van der Waals surface area contributed by atoms with E-state index in [4.69, 9.17) is 11.6 Å². The minimum atomic E-state index is 0.299. The first-order chi connectivity index (χ1) is 12.1. The fourth-order valence-electron chi connectivity index (χ4n) is 2.62. The molecule has 130 valence electrons. The van der Waals surface area contributed by atoms with Gasteiger partial charge in [0.2, 0.25) is 0 Å². The van der Waals surface area contributed by atoms with Crippen LogP contribution >= 0.6 is 11.6 Å². The van der Waals surface area contributed by atoms with Crippen molar-refractivity contribution < 1.29 is 5.11 Å². The monoisotopic (exact) mass is 355 g/mol. The average Bonchev–Trinajstić information content (AvgIpc) is 2.61.